The van der Waals surface area contributed by atoms with E-state index in [1.54, 1.807) is 0 Å². The second kappa shape index (κ2) is 5.89. The molecule has 0 amide bonds. The molecule has 2 aromatic rings. The van der Waals surface area contributed by atoms with Crippen LogP contribution in [0.5, 0.6) is 5.75 Å². The van der Waals surface area contributed by atoms with Crippen molar-refractivity contribution in [1.82, 2.24) is 10.2 Å². The summed E-state index contributed by atoms with van der Waals surface area (Å²) >= 11 is 0. The molecule has 1 aromatic carbocycles. The van der Waals surface area contributed by atoms with Crippen LogP contribution in [0.4, 0.5) is 0 Å². The summed E-state index contributed by atoms with van der Waals surface area (Å²) in [6, 6.07) is 8.16. The molecular formula is C15H21N3O. The highest BCUT2D eigenvalue weighted by molar-refractivity contribution is 5.30. The number of aryl methyl sites for hydroxylation is 2. The van der Waals surface area contributed by atoms with Gasteiger partial charge in [0.1, 0.15) is 17.5 Å². The Kier molecular flexibility index (Phi) is 4.22. The minimum atomic E-state index is -0.115. The molecule has 1 heterocycles. The van der Waals surface area contributed by atoms with E-state index in [0.29, 0.717) is 6.54 Å². The lowest BCUT2D eigenvalue weighted by molar-refractivity contribution is 0.220. The summed E-state index contributed by atoms with van der Waals surface area (Å²) in [6.45, 7) is 6.57. The molecule has 2 rings (SSSR count). The number of aromatic amines is 1. The molecule has 19 heavy (non-hydrogen) atoms. The minimum Gasteiger partial charge on any atom is -0.484 e. The minimum absolute atomic E-state index is 0.115. The fourth-order valence-corrected chi connectivity index (χ4v) is 2.13. The van der Waals surface area contributed by atoms with Crippen molar-refractivity contribution in [3.8, 4) is 5.75 Å². The van der Waals surface area contributed by atoms with Gasteiger partial charge in [0, 0.05) is 17.8 Å². The molecule has 0 saturated heterocycles. The molecule has 0 spiro atoms. The Labute approximate surface area is 114 Å². The summed E-state index contributed by atoms with van der Waals surface area (Å²) < 4.78 is 5.92. The van der Waals surface area contributed by atoms with Gasteiger partial charge in [0.05, 0.1) is 0 Å². The summed E-state index contributed by atoms with van der Waals surface area (Å²) in [5.74, 6) is 0.855. The van der Waals surface area contributed by atoms with E-state index in [1.807, 2.05) is 26.0 Å². The van der Waals surface area contributed by atoms with E-state index < -0.39 is 0 Å². The van der Waals surface area contributed by atoms with Crippen LogP contribution < -0.4 is 10.5 Å². The van der Waals surface area contributed by atoms with Crippen molar-refractivity contribution in [2.45, 2.75) is 39.8 Å². The number of ether oxygens (including phenoxy) is 1. The lowest BCUT2D eigenvalue weighted by Gasteiger charge is -2.14. The highest BCUT2D eigenvalue weighted by Gasteiger charge is 2.16. The molecule has 1 unspecified atom stereocenters. The van der Waals surface area contributed by atoms with Gasteiger partial charge in [-0.3, -0.25) is 5.10 Å². The van der Waals surface area contributed by atoms with Gasteiger partial charge in [-0.05, 0) is 38.0 Å². The van der Waals surface area contributed by atoms with E-state index in [-0.39, 0.29) is 6.10 Å². The molecule has 1 aromatic heterocycles. The van der Waals surface area contributed by atoms with E-state index >= 15 is 0 Å². The average Bonchev–Trinajstić information content (AvgIpc) is 2.80. The first-order valence-electron chi connectivity index (χ1n) is 6.65. The third-order valence-electron chi connectivity index (χ3n) is 3.34. The third kappa shape index (κ3) is 2.96. The number of hydrogen-bond acceptors (Lipinski definition) is 3. The molecule has 0 saturated carbocycles. The molecule has 0 bridgehead atoms. The number of nitrogens with two attached hydrogens (primary N) is 1. The second-order valence-corrected chi connectivity index (χ2v) is 4.67. The highest BCUT2D eigenvalue weighted by atomic mass is 16.5. The smallest absolute Gasteiger partial charge is 0.140 e. The van der Waals surface area contributed by atoms with Crippen LogP contribution in [0.1, 0.15) is 42.5 Å². The van der Waals surface area contributed by atoms with Gasteiger partial charge in [0.2, 0.25) is 0 Å². The molecule has 0 aliphatic rings. The molecule has 1 atom stereocenters. The van der Waals surface area contributed by atoms with Gasteiger partial charge in [-0.2, -0.15) is 5.10 Å². The van der Waals surface area contributed by atoms with Crippen molar-refractivity contribution in [2.75, 3.05) is 0 Å². The van der Waals surface area contributed by atoms with Gasteiger partial charge in [-0.25, -0.2) is 0 Å². The van der Waals surface area contributed by atoms with Gasteiger partial charge in [-0.15, -0.1) is 0 Å². The molecule has 0 aliphatic carbocycles. The maximum Gasteiger partial charge on any atom is 0.140 e. The van der Waals surface area contributed by atoms with Crippen LogP contribution >= 0.6 is 0 Å². The van der Waals surface area contributed by atoms with E-state index in [1.165, 1.54) is 5.56 Å². The van der Waals surface area contributed by atoms with Gasteiger partial charge in [-0.1, -0.05) is 19.1 Å². The normalized spacial score (nSPS) is 12.4. The Bertz CT molecular complexity index is 531. The van der Waals surface area contributed by atoms with Crippen molar-refractivity contribution < 1.29 is 4.74 Å². The van der Waals surface area contributed by atoms with Crippen molar-refractivity contribution in [2.24, 2.45) is 5.73 Å². The lowest BCUT2D eigenvalue weighted by atomic mass is 10.1. The predicted octanol–water partition coefficient (Wildman–Crippen LogP) is 2.88. The summed E-state index contributed by atoms with van der Waals surface area (Å²) in [5, 5.41) is 7.25. The van der Waals surface area contributed by atoms with Crippen LogP contribution in [-0.4, -0.2) is 10.2 Å². The zero-order chi connectivity index (χ0) is 13.8. The van der Waals surface area contributed by atoms with Crippen LogP contribution in [0.25, 0.3) is 0 Å². The topological polar surface area (TPSA) is 63.9 Å². The molecule has 102 valence electrons. The summed E-state index contributed by atoms with van der Waals surface area (Å²) in [6.07, 6.45) is 0.919. The highest BCUT2D eigenvalue weighted by Crippen LogP contribution is 2.24. The Morgan fingerprint density at radius 2 is 2.00 bits per heavy atom. The van der Waals surface area contributed by atoms with Crippen LogP contribution in [0, 0.1) is 6.92 Å². The second-order valence-electron chi connectivity index (χ2n) is 4.67. The number of aromatic nitrogens is 2. The summed E-state index contributed by atoms with van der Waals surface area (Å²) in [5.41, 5.74) is 9.99. The fraction of sp³-hybridized carbons (Fsp3) is 0.400. The number of benzene rings is 1. The Morgan fingerprint density at radius 3 is 2.58 bits per heavy atom. The standard InChI is InChI=1S/C15H21N3O/c1-4-12-5-7-13(8-6-12)19-11(3)15-14(9-16)10(2)17-18-15/h5-8,11H,4,9,16H2,1-3H3,(H,17,18). The van der Waals surface area contributed by atoms with Crippen molar-refractivity contribution >= 4 is 0 Å². The average molecular weight is 259 g/mol. The first kappa shape index (κ1) is 13.6. The molecule has 0 aliphatic heterocycles. The number of hydrogen-bond donors (Lipinski definition) is 2. The van der Waals surface area contributed by atoms with Gasteiger partial charge < -0.3 is 10.5 Å². The van der Waals surface area contributed by atoms with Crippen LogP contribution in [0.15, 0.2) is 24.3 Å². The van der Waals surface area contributed by atoms with Gasteiger partial charge in [0.15, 0.2) is 0 Å². The first-order chi connectivity index (χ1) is 9.15. The number of nitrogens with zero attached hydrogens (tertiary/aromatic N) is 1. The number of rotatable bonds is 5. The SMILES string of the molecule is CCc1ccc(OC(C)c2n[nH]c(C)c2CN)cc1. The molecular weight excluding hydrogens is 238 g/mol. The third-order valence-corrected chi connectivity index (χ3v) is 3.34. The summed E-state index contributed by atoms with van der Waals surface area (Å²) in [7, 11) is 0. The Hall–Kier alpha value is -1.81. The molecule has 4 heteroatoms. The monoisotopic (exact) mass is 259 g/mol. The maximum absolute atomic E-state index is 5.92. The number of nitrogens with one attached hydrogen (secondary N) is 1. The van der Waals surface area contributed by atoms with Crippen molar-refractivity contribution in [3.05, 3.63) is 46.8 Å². The Morgan fingerprint density at radius 1 is 1.32 bits per heavy atom. The lowest BCUT2D eigenvalue weighted by Crippen LogP contribution is -2.09. The fourth-order valence-electron chi connectivity index (χ4n) is 2.13. The van der Waals surface area contributed by atoms with Crippen LogP contribution in [-0.2, 0) is 13.0 Å². The van der Waals surface area contributed by atoms with E-state index in [0.717, 1.165) is 29.1 Å². The first-order valence-corrected chi connectivity index (χ1v) is 6.65. The Balaban J connectivity index is 2.13. The van der Waals surface area contributed by atoms with Crippen LogP contribution in [0.2, 0.25) is 0 Å². The molecule has 0 radical (unpaired) electrons. The van der Waals surface area contributed by atoms with E-state index in [4.69, 9.17) is 10.5 Å². The molecule has 3 N–H and O–H groups in total. The zero-order valence-electron chi connectivity index (χ0n) is 11.7. The predicted molar refractivity (Wildman–Crippen MR) is 76.1 cm³/mol. The quantitative estimate of drug-likeness (QED) is 0.867. The molecule has 4 nitrogen and oxygen atoms in total. The van der Waals surface area contributed by atoms with Crippen LogP contribution in [0.3, 0.4) is 0 Å². The maximum atomic E-state index is 5.92. The largest absolute Gasteiger partial charge is 0.484 e. The zero-order valence-corrected chi connectivity index (χ0v) is 11.7. The van der Waals surface area contributed by atoms with E-state index in [9.17, 15) is 0 Å². The van der Waals surface area contributed by atoms with Crippen molar-refractivity contribution in [3.63, 3.8) is 0 Å². The van der Waals surface area contributed by atoms with Gasteiger partial charge >= 0.3 is 0 Å². The number of H-pyrrole nitrogens is 1. The molecule has 0 fully saturated rings. The van der Waals surface area contributed by atoms with E-state index in [2.05, 4.69) is 29.3 Å². The summed E-state index contributed by atoms with van der Waals surface area (Å²) in [4.78, 5) is 0. The van der Waals surface area contributed by atoms with Gasteiger partial charge in [0.25, 0.3) is 0 Å². The van der Waals surface area contributed by atoms with Crippen molar-refractivity contribution in [1.29, 1.82) is 0 Å².